The maximum atomic E-state index is 5.74. The van der Waals surface area contributed by atoms with E-state index in [2.05, 4.69) is 32.8 Å². The van der Waals surface area contributed by atoms with Crippen molar-refractivity contribution in [1.29, 1.82) is 0 Å². The van der Waals surface area contributed by atoms with Crippen LogP contribution in [0.1, 0.15) is 11.4 Å². The molecule has 0 fully saturated rings. The van der Waals surface area contributed by atoms with E-state index in [1.807, 2.05) is 34.9 Å². The predicted octanol–water partition coefficient (Wildman–Crippen LogP) is 3.42. The quantitative estimate of drug-likeness (QED) is 0.735. The number of aryl methyl sites for hydroxylation is 1. The average Bonchev–Trinajstić information content (AvgIpc) is 2.79. The number of rotatable bonds is 4. The Morgan fingerprint density at radius 2 is 2.05 bits per heavy atom. The number of aromatic nitrogens is 3. The molecule has 0 aliphatic rings. The zero-order valence-corrected chi connectivity index (χ0v) is 12.7. The lowest BCUT2D eigenvalue weighted by molar-refractivity contribution is 0.318. The van der Waals surface area contributed by atoms with Crippen LogP contribution >= 0.6 is 15.9 Å². The Labute approximate surface area is 125 Å². The molecule has 0 radical (unpaired) electrons. The Morgan fingerprint density at radius 3 is 2.85 bits per heavy atom. The molecule has 2 aromatic heterocycles. The molecular formula is C15H14BrN3O. The van der Waals surface area contributed by atoms with Crippen molar-refractivity contribution in [2.24, 2.45) is 0 Å². The van der Waals surface area contributed by atoms with Crippen LogP contribution in [0.2, 0.25) is 0 Å². The number of halogens is 1. The van der Waals surface area contributed by atoms with Crippen LogP contribution in [0.5, 0.6) is 5.75 Å². The fourth-order valence-corrected chi connectivity index (χ4v) is 2.53. The lowest BCUT2D eigenvalue weighted by atomic mass is 10.2. The van der Waals surface area contributed by atoms with Gasteiger partial charge in [-0.15, -0.1) is 0 Å². The predicted molar refractivity (Wildman–Crippen MR) is 81.1 cm³/mol. The zero-order valence-electron chi connectivity index (χ0n) is 11.1. The van der Waals surface area contributed by atoms with Crippen molar-refractivity contribution in [3.63, 3.8) is 0 Å². The molecule has 0 saturated heterocycles. The molecule has 20 heavy (non-hydrogen) atoms. The van der Waals surface area contributed by atoms with Crippen LogP contribution in [0.4, 0.5) is 0 Å². The van der Waals surface area contributed by atoms with E-state index in [4.69, 9.17) is 4.74 Å². The Balaban J connectivity index is 1.70. The fourth-order valence-electron chi connectivity index (χ4n) is 2.03. The Morgan fingerprint density at radius 1 is 1.25 bits per heavy atom. The van der Waals surface area contributed by atoms with Crippen LogP contribution in [0.15, 0.2) is 47.5 Å². The summed E-state index contributed by atoms with van der Waals surface area (Å²) in [6.45, 7) is 2.66. The van der Waals surface area contributed by atoms with Gasteiger partial charge in [0.15, 0.2) is 0 Å². The largest absolute Gasteiger partial charge is 0.493 e. The molecule has 5 heteroatoms. The lowest BCUT2D eigenvalue weighted by Crippen LogP contribution is -2.05. The molecule has 3 aromatic rings. The first-order valence-corrected chi connectivity index (χ1v) is 7.19. The minimum atomic E-state index is 0.594. The van der Waals surface area contributed by atoms with E-state index in [-0.39, 0.29) is 0 Å². The van der Waals surface area contributed by atoms with Crippen molar-refractivity contribution >= 4 is 21.4 Å². The van der Waals surface area contributed by atoms with Gasteiger partial charge in [0.25, 0.3) is 0 Å². The first kappa shape index (κ1) is 13.1. The molecule has 0 spiro atoms. The molecule has 1 aromatic carbocycles. The Hall–Kier alpha value is -1.88. The summed E-state index contributed by atoms with van der Waals surface area (Å²) >= 11 is 3.45. The molecule has 0 unspecified atom stereocenters. The molecule has 102 valence electrons. The normalized spacial score (nSPS) is 10.9. The van der Waals surface area contributed by atoms with Crippen molar-refractivity contribution < 1.29 is 4.74 Å². The summed E-state index contributed by atoms with van der Waals surface area (Å²) in [5.74, 6) is 1.85. The van der Waals surface area contributed by atoms with Crippen molar-refractivity contribution in [3.05, 3.63) is 58.8 Å². The minimum Gasteiger partial charge on any atom is -0.493 e. The second kappa shape index (κ2) is 5.63. The van der Waals surface area contributed by atoms with Gasteiger partial charge in [0.05, 0.1) is 18.3 Å². The van der Waals surface area contributed by atoms with Gasteiger partial charge in [-0.05, 0) is 35.0 Å². The molecule has 0 amide bonds. The van der Waals surface area contributed by atoms with Gasteiger partial charge in [0.1, 0.15) is 16.2 Å². The highest BCUT2D eigenvalue weighted by Gasteiger charge is 2.08. The third kappa shape index (κ3) is 2.67. The molecule has 3 rings (SSSR count). The van der Waals surface area contributed by atoms with E-state index in [0.29, 0.717) is 6.61 Å². The summed E-state index contributed by atoms with van der Waals surface area (Å²) in [5.41, 5.74) is 2.20. The summed E-state index contributed by atoms with van der Waals surface area (Å²) in [5, 5.41) is 0. The molecular weight excluding hydrogens is 318 g/mol. The number of imidazole rings is 1. The molecule has 0 atom stereocenters. The number of ether oxygens (including phenoxy) is 1. The topological polar surface area (TPSA) is 39.4 Å². The van der Waals surface area contributed by atoms with E-state index in [1.165, 1.54) is 5.56 Å². The standard InChI is InChI=1S/C15H14BrN3O/c1-11-2-4-12(5-3-11)20-9-6-14-18-15(16)13-10-17-7-8-19(13)14/h2-5,7-8,10H,6,9H2,1H3. The van der Waals surface area contributed by atoms with Gasteiger partial charge in [0.2, 0.25) is 0 Å². The van der Waals surface area contributed by atoms with E-state index in [9.17, 15) is 0 Å². The van der Waals surface area contributed by atoms with Crippen LogP contribution in [0.25, 0.3) is 5.52 Å². The number of benzene rings is 1. The summed E-state index contributed by atoms with van der Waals surface area (Å²) in [7, 11) is 0. The summed E-state index contributed by atoms with van der Waals surface area (Å²) < 4.78 is 8.58. The highest BCUT2D eigenvalue weighted by atomic mass is 79.9. The van der Waals surface area contributed by atoms with Gasteiger partial charge in [-0.1, -0.05) is 17.7 Å². The van der Waals surface area contributed by atoms with Crippen LogP contribution in [0.3, 0.4) is 0 Å². The fraction of sp³-hybridized carbons (Fsp3) is 0.200. The molecule has 2 heterocycles. The SMILES string of the molecule is Cc1ccc(OCCc2nc(Br)c3cnccn23)cc1. The van der Waals surface area contributed by atoms with E-state index in [0.717, 1.165) is 28.1 Å². The van der Waals surface area contributed by atoms with Crippen LogP contribution in [-0.4, -0.2) is 21.0 Å². The van der Waals surface area contributed by atoms with E-state index in [1.54, 1.807) is 12.4 Å². The maximum absolute atomic E-state index is 5.74. The molecule has 0 bridgehead atoms. The maximum Gasteiger partial charge on any atom is 0.133 e. The second-order valence-corrected chi connectivity index (χ2v) is 5.31. The third-order valence-corrected chi connectivity index (χ3v) is 3.67. The second-order valence-electron chi connectivity index (χ2n) is 4.56. The van der Waals surface area contributed by atoms with Gasteiger partial charge in [0, 0.05) is 18.8 Å². The number of hydrogen-bond donors (Lipinski definition) is 0. The summed E-state index contributed by atoms with van der Waals surface area (Å²) in [4.78, 5) is 8.60. The van der Waals surface area contributed by atoms with Gasteiger partial charge in [-0.2, -0.15) is 0 Å². The van der Waals surface area contributed by atoms with Crippen molar-refractivity contribution in [2.45, 2.75) is 13.3 Å². The first-order valence-electron chi connectivity index (χ1n) is 6.40. The number of nitrogens with zero attached hydrogens (tertiary/aromatic N) is 3. The highest BCUT2D eigenvalue weighted by Crippen LogP contribution is 2.18. The Kier molecular flexibility index (Phi) is 3.69. The van der Waals surface area contributed by atoms with Crippen molar-refractivity contribution in [2.75, 3.05) is 6.61 Å². The van der Waals surface area contributed by atoms with E-state index < -0.39 is 0 Å². The van der Waals surface area contributed by atoms with Crippen LogP contribution in [0, 0.1) is 6.92 Å². The zero-order chi connectivity index (χ0) is 13.9. The first-order chi connectivity index (χ1) is 9.74. The van der Waals surface area contributed by atoms with E-state index >= 15 is 0 Å². The average molecular weight is 332 g/mol. The number of fused-ring (bicyclic) bond motifs is 1. The minimum absolute atomic E-state index is 0.594. The Bertz CT molecular complexity index is 722. The van der Waals surface area contributed by atoms with Crippen LogP contribution in [-0.2, 0) is 6.42 Å². The van der Waals surface area contributed by atoms with Crippen molar-refractivity contribution in [3.8, 4) is 5.75 Å². The summed E-state index contributed by atoms with van der Waals surface area (Å²) in [6.07, 6.45) is 6.20. The molecule has 0 aliphatic carbocycles. The van der Waals surface area contributed by atoms with Crippen molar-refractivity contribution in [1.82, 2.24) is 14.4 Å². The van der Waals surface area contributed by atoms with Gasteiger partial charge >= 0.3 is 0 Å². The lowest BCUT2D eigenvalue weighted by Gasteiger charge is -2.06. The highest BCUT2D eigenvalue weighted by molar-refractivity contribution is 9.10. The van der Waals surface area contributed by atoms with Crippen LogP contribution < -0.4 is 4.74 Å². The summed E-state index contributed by atoms with van der Waals surface area (Å²) in [6, 6.07) is 8.06. The van der Waals surface area contributed by atoms with Gasteiger partial charge in [-0.25, -0.2) is 4.98 Å². The molecule has 0 saturated carbocycles. The molecule has 4 nitrogen and oxygen atoms in total. The van der Waals surface area contributed by atoms with Gasteiger partial charge in [-0.3, -0.25) is 9.38 Å². The molecule has 0 N–H and O–H groups in total. The third-order valence-electron chi connectivity index (χ3n) is 3.09. The monoisotopic (exact) mass is 331 g/mol. The molecule has 0 aliphatic heterocycles. The van der Waals surface area contributed by atoms with Gasteiger partial charge < -0.3 is 4.74 Å². The smallest absolute Gasteiger partial charge is 0.133 e. The number of hydrogen-bond acceptors (Lipinski definition) is 3.